The molecule has 17 heavy (non-hydrogen) atoms. The molecule has 0 unspecified atom stereocenters. The number of hydrogen-bond donors (Lipinski definition) is 2. The van der Waals surface area contributed by atoms with E-state index in [1.54, 1.807) is 0 Å². The van der Waals surface area contributed by atoms with Crippen molar-refractivity contribution in [2.75, 3.05) is 6.61 Å². The van der Waals surface area contributed by atoms with Crippen LogP contribution in [-0.4, -0.2) is 23.2 Å². The number of rotatable bonds is 4. The minimum atomic E-state index is -0.390. The van der Waals surface area contributed by atoms with Gasteiger partial charge in [-0.15, -0.1) is 0 Å². The zero-order valence-electron chi connectivity index (χ0n) is 10.4. The Morgan fingerprint density at radius 2 is 2.12 bits per heavy atom. The van der Waals surface area contributed by atoms with Gasteiger partial charge in [-0.1, -0.05) is 12.1 Å². The predicted octanol–water partition coefficient (Wildman–Crippen LogP) is 2.49. The zero-order valence-corrected chi connectivity index (χ0v) is 12.5. The summed E-state index contributed by atoms with van der Waals surface area (Å²) >= 11 is 2.18. The molecule has 0 bridgehead atoms. The molecule has 0 spiro atoms. The fourth-order valence-electron chi connectivity index (χ4n) is 1.54. The first-order chi connectivity index (χ1) is 7.87. The number of benzene rings is 1. The standard InChI is InChI=1S/C13H18INO2/c1-9-5-4-6-10(11(9)14)12(17)15-13(2,3)7-8-16/h4-6,16H,7-8H2,1-3H3,(H,15,17). The summed E-state index contributed by atoms with van der Waals surface area (Å²) in [5.41, 5.74) is 1.40. The van der Waals surface area contributed by atoms with Crippen LogP contribution in [0, 0.1) is 10.5 Å². The van der Waals surface area contributed by atoms with Crippen molar-refractivity contribution in [3.05, 3.63) is 32.9 Å². The number of nitrogens with one attached hydrogen (secondary N) is 1. The highest BCUT2D eigenvalue weighted by Crippen LogP contribution is 2.18. The lowest BCUT2D eigenvalue weighted by Crippen LogP contribution is -2.44. The molecule has 0 aromatic heterocycles. The zero-order chi connectivity index (χ0) is 13.1. The number of aryl methyl sites for hydroxylation is 1. The Labute approximate surface area is 116 Å². The van der Waals surface area contributed by atoms with Gasteiger partial charge in [-0.2, -0.15) is 0 Å². The van der Waals surface area contributed by atoms with Gasteiger partial charge in [-0.3, -0.25) is 4.79 Å². The van der Waals surface area contributed by atoms with Crippen LogP contribution in [0.2, 0.25) is 0 Å². The molecule has 0 radical (unpaired) electrons. The molecule has 1 amide bonds. The fraction of sp³-hybridized carbons (Fsp3) is 0.462. The second-order valence-corrected chi connectivity index (χ2v) is 5.83. The number of aliphatic hydroxyl groups excluding tert-OH is 1. The van der Waals surface area contributed by atoms with E-state index in [1.165, 1.54) is 0 Å². The van der Waals surface area contributed by atoms with Crippen LogP contribution in [0.25, 0.3) is 0 Å². The summed E-state index contributed by atoms with van der Waals surface area (Å²) in [6.45, 7) is 5.86. The summed E-state index contributed by atoms with van der Waals surface area (Å²) in [5, 5.41) is 11.9. The van der Waals surface area contributed by atoms with Crippen molar-refractivity contribution >= 4 is 28.5 Å². The predicted molar refractivity (Wildman–Crippen MR) is 77.1 cm³/mol. The molecule has 94 valence electrons. The molecule has 0 aliphatic heterocycles. The number of hydrogen-bond acceptors (Lipinski definition) is 2. The molecule has 3 nitrogen and oxygen atoms in total. The molecule has 0 heterocycles. The molecule has 1 rings (SSSR count). The van der Waals surface area contributed by atoms with Gasteiger partial charge in [-0.05, 0) is 61.4 Å². The van der Waals surface area contributed by atoms with Gasteiger partial charge < -0.3 is 10.4 Å². The van der Waals surface area contributed by atoms with Gasteiger partial charge >= 0.3 is 0 Å². The van der Waals surface area contributed by atoms with Gasteiger partial charge in [0.2, 0.25) is 0 Å². The van der Waals surface area contributed by atoms with Crippen LogP contribution in [0.4, 0.5) is 0 Å². The summed E-state index contributed by atoms with van der Waals surface area (Å²) in [5.74, 6) is -0.0865. The second kappa shape index (κ2) is 5.82. The normalized spacial score (nSPS) is 11.4. The van der Waals surface area contributed by atoms with Crippen molar-refractivity contribution in [2.24, 2.45) is 0 Å². The SMILES string of the molecule is Cc1cccc(C(=O)NC(C)(C)CCO)c1I. The Morgan fingerprint density at radius 1 is 1.47 bits per heavy atom. The topological polar surface area (TPSA) is 49.3 Å². The Balaban J connectivity index is 2.87. The van der Waals surface area contributed by atoms with Crippen LogP contribution in [0.5, 0.6) is 0 Å². The summed E-state index contributed by atoms with van der Waals surface area (Å²) in [6.07, 6.45) is 0.543. The molecule has 0 saturated heterocycles. The van der Waals surface area contributed by atoms with E-state index in [1.807, 2.05) is 39.0 Å². The third-order valence-electron chi connectivity index (χ3n) is 2.63. The number of aliphatic hydroxyl groups is 1. The minimum absolute atomic E-state index is 0.0676. The summed E-state index contributed by atoms with van der Waals surface area (Å²) in [4.78, 5) is 12.1. The van der Waals surface area contributed by atoms with Crippen molar-refractivity contribution in [1.29, 1.82) is 0 Å². The van der Waals surface area contributed by atoms with E-state index in [0.717, 1.165) is 9.13 Å². The summed E-state index contributed by atoms with van der Waals surface area (Å²) in [6, 6.07) is 5.68. The van der Waals surface area contributed by atoms with Crippen LogP contribution >= 0.6 is 22.6 Å². The average Bonchev–Trinajstić information content (AvgIpc) is 2.21. The Morgan fingerprint density at radius 3 is 2.71 bits per heavy atom. The first-order valence-corrected chi connectivity index (χ1v) is 6.64. The number of halogens is 1. The number of carbonyl (C=O) groups excluding carboxylic acids is 1. The molecule has 0 aliphatic carbocycles. The van der Waals surface area contributed by atoms with Crippen molar-refractivity contribution in [3.63, 3.8) is 0 Å². The van der Waals surface area contributed by atoms with Gasteiger partial charge in [-0.25, -0.2) is 0 Å². The Hall–Kier alpha value is -0.620. The van der Waals surface area contributed by atoms with E-state index in [2.05, 4.69) is 27.9 Å². The minimum Gasteiger partial charge on any atom is -0.396 e. The van der Waals surface area contributed by atoms with Crippen LogP contribution < -0.4 is 5.32 Å². The monoisotopic (exact) mass is 347 g/mol. The average molecular weight is 347 g/mol. The highest BCUT2D eigenvalue weighted by Gasteiger charge is 2.21. The second-order valence-electron chi connectivity index (χ2n) is 4.75. The van der Waals surface area contributed by atoms with E-state index in [-0.39, 0.29) is 12.5 Å². The van der Waals surface area contributed by atoms with Crippen LogP contribution in [0.1, 0.15) is 36.2 Å². The lowest BCUT2D eigenvalue weighted by molar-refractivity contribution is 0.0898. The molecule has 1 aromatic carbocycles. The van der Waals surface area contributed by atoms with Gasteiger partial charge in [0.25, 0.3) is 5.91 Å². The first-order valence-electron chi connectivity index (χ1n) is 5.56. The van der Waals surface area contributed by atoms with Gasteiger partial charge in [0, 0.05) is 15.7 Å². The van der Waals surface area contributed by atoms with Crippen LogP contribution in [-0.2, 0) is 0 Å². The number of amides is 1. The van der Waals surface area contributed by atoms with Gasteiger partial charge in [0.1, 0.15) is 0 Å². The summed E-state index contributed by atoms with van der Waals surface area (Å²) < 4.78 is 0.974. The molecule has 4 heteroatoms. The molecule has 0 aliphatic rings. The number of carbonyl (C=O) groups is 1. The smallest absolute Gasteiger partial charge is 0.252 e. The molecule has 2 N–H and O–H groups in total. The molecular weight excluding hydrogens is 329 g/mol. The summed E-state index contributed by atoms with van der Waals surface area (Å²) in [7, 11) is 0. The molecule has 1 aromatic rings. The van der Waals surface area contributed by atoms with E-state index in [4.69, 9.17) is 5.11 Å². The lowest BCUT2D eigenvalue weighted by Gasteiger charge is -2.25. The van der Waals surface area contributed by atoms with Crippen LogP contribution in [0.15, 0.2) is 18.2 Å². The van der Waals surface area contributed by atoms with E-state index >= 15 is 0 Å². The molecule has 0 atom stereocenters. The van der Waals surface area contributed by atoms with Crippen molar-refractivity contribution < 1.29 is 9.90 Å². The first kappa shape index (κ1) is 14.4. The van der Waals surface area contributed by atoms with Gasteiger partial charge in [0.05, 0.1) is 5.56 Å². The van der Waals surface area contributed by atoms with Crippen molar-refractivity contribution in [3.8, 4) is 0 Å². The maximum absolute atomic E-state index is 12.1. The lowest BCUT2D eigenvalue weighted by atomic mass is 10.0. The third kappa shape index (κ3) is 3.96. The highest BCUT2D eigenvalue weighted by atomic mass is 127. The quantitative estimate of drug-likeness (QED) is 0.823. The van der Waals surface area contributed by atoms with E-state index in [9.17, 15) is 4.79 Å². The maximum atomic E-state index is 12.1. The van der Waals surface area contributed by atoms with Crippen molar-refractivity contribution in [1.82, 2.24) is 5.32 Å². The van der Waals surface area contributed by atoms with E-state index in [0.29, 0.717) is 12.0 Å². The molecular formula is C13H18INO2. The molecule has 0 saturated carbocycles. The van der Waals surface area contributed by atoms with Gasteiger partial charge in [0.15, 0.2) is 0 Å². The third-order valence-corrected chi connectivity index (χ3v) is 4.06. The maximum Gasteiger partial charge on any atom is 0.252 e. The molecule has 0 fully saturated rings. The van der Waals surface area contributed by atoms with E-state index < -0.39 is 5.54 Å². The Bertz CT molecular complexity index is 416. The van der Waals surface area contributed by atoms with Crippen molar-refractivity contribution in [2.45, 2.75) is 32.7 Å². The Kier molecular flexibility index (Phi) is 4.94. The largest absolute Gasteiger partial charge is 0.396 e. The highest BCUT2D eigenvalue weighted by molar-refractivity contribution is 14.1. The fourth-order valence-corrected chi connectivity index (χ4v) is 2.14. The van der Waals surface area contributed by atoms with Crippen LogP contribution in [0.3, 0.4) is 0 Å².